The van der Waals surface area contributed by atoms with Crippen LogP contribution in [-0.4, -0.2) is 42.3 Å². The van der Waals surface area contributed by atoms with Gasteiger partial charge in [-0.1, -0.05) is 45.9 Å². The fourth-order valence-corrected chi connectivity index (χ4v) is 6.30. The van der Waals surface area contributed by atoms with Crippen molar-refractivity contribution in [3.63, 3.8) is 0 Å². The van der Waals surface area contributed by atoms with Crippen molar-refractivity contribution in [3.8, 4) is 5.75 Å². The first kappa shape index (κ1) is 29.7. The van der Waals surface area contributed by atoms with E-state index in [-0.39, 0.29) is 17.9 Å². The van der Waals surface area contributed by atoms with E-state index in [2.05, 4.69) is 44.3 Å². The molecule has 0 fully saturated rings. The minimum atomic E-state index is -0.814. The number of rotatable bonds is 12. The van der Waals surface area contributed by atoms with E-state index in [9.17, 15) is 14.7 Å². The summed E-state index contributed by atoms with van der Waals surface area (Å²) >= 11 is 1.70. The number of hydrogen-bond donors (Lipinski definition) is 2. The summed E-state index contributed by atoms with van der Waals surface area (Å²) in [5, 5.41) is 14.4. The highest BCUT2D eigenvalue weighted by Crippen LogP contribution is 2.45. The number of carbonyl (C=O) groups excluding carboxylic acids is 2. The van der Waals surface area contributed by atoms with Crippen LogP contribution < -0.4 is 10.1 Å². The van der Waals surface area contributed by atoms with Crippen molar-refractivity contribution in [2.24, 2.45) is 0 Å². The number of aryl methyl sites for hydroxylation is 1. The van der Waals surface area contributed by atoms with Gasteiger partial charge in [-0.15, -0.1) is 11.3 Å². The van der Waals surface area contributed by atoms with Crippen LogP contribution >= 0.6 is 11.3 Å². The number of benzene rings is 2. The second-order valence-electron chi connectivity index (χ2n) is 10.1. The minimum absolute atomic E-state index is 0.178. The van der Waals surface area contributed by atoms with E-state index in [0.29, 0.717) is 18.4 Å². The van der Waals surface area contributed by atoms with Gasteiger partial charge in [0, 0.05) is 20.6 Å². The Hall–Kier alpha value is -2.90. The number of esters is 1. The molecule has 1 aromatic heterocycles. The van der Waals surface area contributed by atoms with Crippen molar-refractivity contribution < 1.29 is 24.2 Å². The molecule has 1 amide bonds. The fourth-order valence-electron chi connectivity index (χ4n) is 4.85. The second kappa shape index (κ2) is 12.3. The molecule has 0 aliphatic heterocycles. The molecule has 2 N–H and O–H groups in total. The highest BCUT2D eigenvalue weighted by atomic mass is 32.1. The van der Waals surface area contributed by atoms with Crippen LogP contribution in [0.2, 0.25) is 0 Å². The predicted octanol–water partition coefficient (Wildman–Crippen LogP) is 6.54. The van der Waals surface area contributed by atoms with Gasteiger partial charge in [0.15, 0.2) is 0 Å². The fraction of sp³-hybridized carbons (Fsp3) is 0.484. The summed E-state index contributed by atoms with van der Waals surface area (Å²) < 4.78 is 11.8. The molecule has 206 valence electrons. The average Bonchev–Trinajstić information content (AvgIpc) is 3.36. The Labute approximate surface area is 230 Å². The van der Waals surface area contributed by atoms with Crippen LogP contribution in [-0.2, 0) is 14.9 Å². The van der Waals surface area contributed by atoms with Crippen LogP contribution in [0.4, 0.5) is 0 Å². The van der Waals surface area contributed by atoms with Gasteiger partial charge < -0.3 is 19.9 Å². The molecule has 38 heavy (non-hydrogen) atoms. The van der Waals surface area contributed by atoms with Gasteiger partial charge in [0.25, 0.3) is 5.91 Å². The van der Waals surface area contributed by atoms with Gasteiger partial charge in [0.05, 0.1) is 12.7 Å². The van der Waals surface area contributed by atoms with Gasteiger partial charge in [-0.05, 0) is 80.3 Å². The van der Waals surface area contributed by atoms with E-state index < -0.39 is 17.6 Å². The highest BCUT2D eigenvalue weighted by Gasteiger charge is 2.33. The van der Waals surface area contributed by atoms with E-state index in [1.54, 1.807) is 24.3 Å². The highest BCUT2D eigenvalue weighted by molar-refractivity contribution is 7.19. The molecule has 0 radical (unpaired) electrons. The first-order chi connectivity index (χ1) is 18.1. The zero-order valence-corrected chi connectivity index (χ0v) is 24.5. The van der Waals surface area contributed by atoms with E-state index in [1.165, 1.54) is 17.6 Å². The molecule has 7 heteroatoms. The zero-order chi connectivity index (χ0) is 28.1. The summed E-state index contributed by atoms with van der Waals surface area (Å²) in [6.45, 7) is 12.3. The third-order valence-corrected chi connectivity index (χ3v) is 9.21. The number of carbonyl (C=O) groups is 2. The molecule has 0 unspecified atom stereocenters. The monoisotopic (exact) mass is 539 g/mol. The van der Waals surface area contributed by atoms with E-state index in [1.807, 2.05) is 32.0 Å². The van der Waals surface area contributed by atoms with Crippen LogP contribution in [0.5, 0.6) is 5.75 Å². The molecule has 0 aliphatic carbocycles. The Morgan fingerprint density at radius 3 is 2.26 bits per heavy atom. The maximum Gasteiger partial charge on any atom is 0.328 e. The SMILES string of the molecule is CCC(O)(CC)COc1ccc(C(CC)(CC)c2cc3ccc(C(=O)N[C@@H](C)C(=O)OC)cc3s2)cc1C. The first-order valence-electron chi connectivity index (χ1n) is 13.4. The first-order valence-corrected chi connectivity index (χ1v) is 14.3. The summed E-state index contributed by atoms with van der Waals surface area (Å²) in [6.07, 6.45) is 3.14. The third-order valence-electron chi connectivity index (χ3n) is 7.90. The molecule has 0 spiro atoms. The van der Waals surface area contributed by atoms with Gasteiger partial charge in [0.1, 0.15) is 18.4 Å². The lowest BCUT2D eigenvalue weighted by Gasteiger charge is -2.32. The normalized spacial score (nSPS) is 12.8. The number of nitrogens with one attached hydrogen (secondary N) is 1. The maximum absolute atomic E-state index is 12.7. The van der Waals surface area contributed by atoms with Crippen molar-refractivity contribution in [1.82, 2.24) is 5.32 Å². The molecule has 3 aromatic rings. The smallest absolute Gasteiger partial charge is 0.328 e. The van der Waals surface area contributed by atoms with Crippen LogP contribution in [0.1, 0.15) is 86.7 Å². The van der Waals surface area contributed by atoms with E-state index >= 15 is 0 Å². The molecular weight excluding hydrogens is 498 g/mol. The van der Waals surface area contributed by atoms with Crippen LogP contribution in [0.15, 0.2) is 42.5 Å². The number of thiophene rings is 1. The Bertz CT molecular complexity index is 1270. The molecule has 0 aliphatic rings. The average molecular weight is 540 g/mol. The number of fused-ring (bicyclic) bond motifs is 1. The standard InChI is InChI=1S/C31H41NO5S/c1-8-30(35,9-2)19-37-25-15-14-24(16-20(25)5)31(10-3,11-4)27-18-22-12-13-23(17-26(22)38-27)28(33)32-21(6)29(34)36-7/h12-18,21,35H,8-11,19H2,1-7H3,(H,32,33)/t21-/m0/s1. The second-order valence-corrected chi connectivity index (χ2v) is 11.2. The summed E-state index contributed by atoms with van der Waals surface area (Å²) in [4.78, 5) is 25.7. The Morgan fingerprint density at radius 1 is 1.00 bits per heavy atom. The summed E-state index contributed by atoms with van der Waals surface area (Å²) in [7, 11) is 1.30. The quantitative estimate of drug-likeness (QED) is 0.255. The van der Waals surface area contributed by atoms with Gasteiger partial charge in [-0.2, -0.15) is 0 Å². The van der Waals surface area contributed by atoms with Crippen LogP contribution in [0, 0.1) is 6.92 Å². The van der Waals surface area contributed by atoms with E-state index in [4.69, 9.17) is 9.47 Å². The van der Waals surface area contributed by atoms with Crippen molar-refractivity contribution in [1.29, 1.82) is 0 Å². The molecule has 0 saturated carbocycles. The summed E-state index contributed by atoms with van der Waals surface area (Å²) in [5.74, 6) is 0.0104. The molecule has 1 heterocycles. The lowest BCUT2D eigenvalue weighted by Crippen LogP contribution is -2.39. The molecule has 6 nitrogen and oxygen atoms in total. The zero-order valence-electron chi connectivity index (χ0n) is 23.6. The molecule has 0 saturated heterocycles. The third kappa shape index (κ3) is 6.05. The van der Waals surface area contributed by atoms with Crippen molar-refractivity contribution in [2.75, 3.05) is 13.7 Å². The lowest BCUT2D eigenvalue weighted by atomic mass is 9.74. The number of amides is 1. The van der Waals surface area contributed by atoms with Crippen molar-refractivity contribution in [3.05, 3.63) is 64.0 Å². The molecule has 0 bridgehead atoms. The van der Waals surface area contributed by atoms with Gasteiger partial charge in [-0.3, -0.25) is 4.79 Å². The van der Waals surface area contributed by atoms with E-state index in [0.717, 1.165) is 34.2 Å². The molecular formula is C31H41NO5S. The summed E-state index contributed by atoms with van der Waals surface area (Å²) in [5.41, 5.74) is 1.79. The maximum atomic E-state index is 12.7. The Kier molecular flexibility index (Phi) is 9.60. The largest absolute Gasteiger partial charge is 0.490 e. The lowest BCUT2D eigenvalue weighted by molar-refractivity contribution is -0.142. The van der Waals surface area contributed by atoms with Gasteiger partial charge in [0.2, 0.25) is 0 Å². The van der Waals surface area contributed by atoms with Crippen LogP contribution in [0.3, 0.4) is 0 Å². The van der Waals surface area contributed by atoms with Gasteiger partial charge >= 0.3 is 5.97 Å². The number of hydrogen-bond acceptors (Lipinski definition) is 6. The van der Waals surface area contributed by atoms with Crippen LogP contribution in [0.25, 0.3) is 10.1 Å². The topological polar surface area (TPSA) is 84.9 Å². The number of ether oxygens (including phenoxy) is 2. The molecule has 1 atom stereocenters. The summed E-state index contributed by atoms with van der Waals surface area (Å²) in [6, 6.07) is 13.5. The van der Waals surface area contributed by atoms with Gasteiger partial charge in [-0.25, -0.2) is 4.79 Å². The molecule has 3 rings (SSSR count). The Morgan fingerprint density at radius 2 is 1.68 bits per heavy atom. The number of methoxy groups -OCH3 is 1. The van der Waals surface area contributed by atoms with Crippen molar-refractivity contribution >= 4 is 33.3 Å². The Balaban J connectivity index is 1.92. The molecule has 2 aromatic carbocycles. The minimum Gasteiger partial charge on any atom is -0.490 e. The predicted molar refractivity (Wildman–Crippen MR) is 154 cm³/mol. The number of aliphatic hydroxyl groups is 1. The van der Waals surface area contributed by atoms with Crippen molar-refractivity contribution in [2.45, 2.75) is 84.3 Å².